The predicted octanol–water partition coefficient (Wildman–Crippen LogP) is 3.22. The van der Waals surface area contributed by atoms with Crippen LogP contribution < -0.4 is 10.1 Å². The van der Waals surface area contributed by atoms with Crippen molar-refractivity contribution in [2.45, 2.75) is 32.9 Å². The third-order valence-electron chi connectivity index (χ3n) is 2.03. The third kappa shape index (κ3) is 6.55. The highest BCUT2D eigenvalue weighted by Crippen LogP contribution is 2.15. The van der Waals surface area contributed by atoms with Crippen LogP contribution in [0.1, 0.15) is 26.3 Å². The SMILES string of the molecule is CC(C)(C)NC(=O)/C=C/c1ccc(OC(F)F)cc1. The van der Waals surface area contributed by atoms with Crippen LogP contribution in [0.4, 0.5) is 8.78 Å². The van der Waals surface area contributed by atoms with Gasteiger partial charge in [0.2, 0.25) is 5.91 Å². The molecule has 3 nitrogen and oxygen atoms in total. The molecular weight excluding hydrogens is 252 g/mol. The van der Waals surface area contributed by atoms with Gasteiger partial charge in [-0.05, 0) is 44.5 Å². The molecule has 1 aromatic rings. The Bertz CT molecular complexity index is 448. The fourth-order valence-electron chi connectivity index (χ4n) is 1.34. The molecule has 1 rings (SSSR count). The summed E-state index contributed by atoms with van der Waals surface area (Å²) in [6.45, 7) is 2.82. The van der Waals surface area contributed by atoms with E-state index in [1.165, 1.54) is 18.2 Å². The first-order chi connectivity index (χ1) is 8.76. The molecular formula is C14H17F2NO2. The molecule has 104 valence electrons. The summed E-state index contributed by atoms with van der Waals surface area (Å²) >= 11 is 0. The van der Waals surface area contributed by atoms with Crippen LogP contribution in [0.5, 0.6) is 5.75 Å². The van der Waals surface area contributed by atoms with Gasteiger partial charge in [0, 0.05) is 11.6 Å². The molecule has 0 fully saturated rings. The summed E-state index contributed by atoms with van der Waals surface area (Å²) in [5.41, 5.74) is 0.432. The molecule has 0 aliphatic rings. The van der Waals surface area contributed by atoms with Gasteiger partial charge in [0.15, 0.2) is 0 Å². The monoisotopic (exact) mass is 269 g/mol. The van der Waals surface area contributed by atoms with E-state index in [1.54, 1.807) is 18.2 Å². The highest BCUT2D eigenvalue weighted by Gasteiger charge is 2.11. The van der Waals surface area contributed by atoms with E-state index in [1.807, 2.05) is 20.8 Å². The van der Waals surface area contributed by atoms with Crippen molar-refractivity contribution in [3.8, 4) is 5.75 Å². The topological polar surface area (TPSA) is 38.3 Å². The van der Waals surface area contributed by atoms with Crippen molar-refractivity contribution in [2.24, 2.45) is 0 Å². The molecule has 0 atom stereocenters. The summed E-state index contributed by atoms with van der Waals surface area (Å²) in [5, 5.41) is 2.78. The maximum absolute atomic E-state index is 11.9. The van der Waals surface area contributed by atoms with E-state index in [4.69, 9.17) is 0 Å². The predicted molar refractivity (Wildman–Crippen MR) is 70.0 cm³/mol. The number of carbonyl (C=O) groups is 1. The van der Waals surface area contributed by atoms with Gasteiger partial charge in [0.25, 0.3) is 0 Å². The average Bonchev–Trinajstić information content (AvgIpc) is 2.25. The first-order valence-electron chi connectivity index (χ1n) is 5.81. The maximum Gasteiger partial charge on any atom is 0.387 e. The highest BCUT2D eigenvalue weighted by molar-refractivity contribution is 5.92. The lowest BCUT2D eigenvalue weighted by atomic mass is 10.1. The number of hydrogen-bond donors (Lipinski definition) is 1. The summed E-state index contributed by atoms with van der Waals surface area (Å²) in [4.78, 5) is 11.5. The van der Waals surface area contributed by atoms with Crippen LogP contribution >= 0.6 is 0 Å². The van der Waals surface area contributed by atoms with E-state index >= 15 is 0 Å². The summed E-state index contributed by atoms with van der Waals surface area (Å²) in [5.74, 6) is -0.119. The number of benzene rings is 1. The number of hydrogen-bond acceptors (Lipinski definition) is 2. The fraction of sp³-hybridized carbons (Fsp3) is 0.357. The third-order valence-corrected chi connectivity index (χ3v) is 2.03. The Kier molecular flexibility index (Phi) is 5.03. The number of nitrogens with one attached hydrogen (secondary N) is 1. The molecule has 0 heterocycles. The van der Waals surface area contributed by atoms with Gasteiger partial charge < -0.3 is 10.1 Å². The van der Waals surface area contributed by atoms with Gasteiger partial charge in [-0.25, -0.2) is 0 Å². The zero-order valence-corrected chi connectivity index (χ0v) is 11.1. The first kappa shape index (κ1) is 15.1. The second-order valence-electron chi connectivity index (χ2n) is 5.02. The van der Waals surface area contributed by atoms with Crippen LogP contribution in [-0.2, 0) is 4.79 Å². The Hall–Kier alpha value is -1.91. The normalized spacial score (nSPS) is 11.9. The number of halogens is 2. The Labute approximate surface area is 111 Å². The largest absolute Gasteiger partial charge is 0.435 e. The van der Waals surface area contributed by atoms with Crippen molar-refractivity contribution in [2.75, 3.05) is 0 Å². The minimum atomic E-state index is -2.83. The molecule has 0 aromatic heterocycles. The second kappa shape index (κ2) is 6.31. The highest BCUT2D eigenvalue weighted by atomic mass is 19.3. The molecule has 0 aliphatic heterocycles. The van der Waals surface area contributed by atoms with Crippen molar-refractivity contribution in [1.82, 2.24) is 5.32 Å². The average molecular weight is 269 g/mol. The van der Waals surface area contributed by atoms with Gasteiger partial charge >= 0.3 is 6.61 Å². The van der Waals surface area contributed by atoms with Crippen molar-refractivity contribution in [1.29, 1.82) is 0 Å². The van der Waals surface area contributed by atoms with E-state index in [2.05, 4.69) is 10.1 Å². The summed E-state index contributed by atoms with van der Waals surface area (Å²) in [6.07, 6.45) is 3.00. The number of ether oxygens (including phenoxy) is 1. The minimum absolute atomic E-state index is 0.0892. The van der Waals surface area contributed by atoms with Crippen molar-refractivity contribution in [3.63, 3.8) is 0 Å². The number of carbonyl (C=O) groups excluding carboxylic acids is 1. The fourth-order valence-corrected chi connectivity index (χ4v) is 1.34. The molecule has 1 amide bonds. The molecule has 0 spiro atoms. The Morgan fingerprint density at radius 1 is 1.26 bits per heavy atom. The Balaban J connectivity index is 2.60. The molecule has 0 saturated carbocycles. The van der Waals surface area contributed by atoms with Crippen LogP contribution in [0.3, 0.4) is 0 Å². The van der Waals surface area contributed by atoms with Gasteiger partial charge in [-0.2, -0.15) is 8.78 Å². The molecule has 1 aromatic carbocycles. The lowest BCUT2D eigenvalue weighted by molar-refractivity contribution is -0.117. The van der Waals surface area contributed by atoms with Gasteiger partial charge in [-0.15, -0.1) is 0 Å². The lowest BCUT2D eigenvalue weighted by Crippen LogP contribution is -2.39. The molecule has 1 N–H and O–H groups in total. The molecule has 0 aliphatic carbocycles. The van der Waals surface area contributed by atoms with Crippen LogP contribution in [0.2, 0.25) is 0 Å². The summed E-state index contributed by atoms with van der Waals surface area (Å²) in [7, 11) is 0. The zero-order valence-electron chi connectivity index (χ0n) is 11.1. The molecule has 0 bridgehead atoms. The van der Waals surface area contributed by atoms with Crippen molar-refractivity contribution < 1.29 is 18.3 Å². The summed E-state index contributed by atoms with van der Waals surface area (Å²) in [6, 6.07) is 6.04. The van der Waals surface area contributed by atoms with Gasteiger partial charge in [-0.3, -0.25) is 4.79 Å². The molecule has 19 heavy (non-hydrogen) atoms. The van der Waals surface area contributed by atoms with E-state index in [0.717, 1.165) is 5.56 Å². The molecule has 5 heteroatoms. The van der Waals surface area contributed by atoms with Gasteiger partial charge in [0.05, 0.1) is 0 Å². The molecule has 0 saturated heterocycles. The number of rotatable bonds is 4. The standard InChI is InChI=1S/C14H17F2NO2/c1-14(2,3)17-12(18)9-6-10-4-7-11(8-5-10)19-13(15)16/h4-9,13H,1-3H3,(H,17,18)/b9-6+. The van der Waals surface area contributed by atoms with E-state index in [-0.39, 0.29) is 17.2 Å². The van der Waals surface area contributed by atoms with Gasteiger partial charge in [-0.1, -0.05) is 12.1 Å². The number of alkyl halides is 2. The van der Waals surface area contributed by atoms with Crippen LogP contribution in [0.15, 0.2) is 30.3 Å². The van der Waals surface area contributed by atoms with Gasteiger partial charge in [0.1, 0.15) is 5.75 Å². The van der Waals surface area contributed by atoms with E-state index in [9.17, 15) is 13.6 Å². The summed E-state index contributed by atoms with van der Waals surface area (Å²) < 4.78 is 28.1. The van der Waals surface area contributed by atoms with Crippen LogP contribution in [-0.4, -0.2) is 18.1 Å². The van der Waals surface area contributed by atoms with Crippen molar-refractivity contribution in [3.05, 3.63) is 35.9 Å². The van der Waals surface area contributed by atoms with Crippen LogP contribution in [0.25, 0.3) is 6.08 Å². The quantitative estimate of drug-likeness (QED) is 0.852. The minimum Gasteiger partial charge on any atom is -0.435 e. The Morgan fingerprint density at radius 3 is 2.32 bits per heavy atom. The van der Waals surface area contributed by atoms with Crippen molar-refractivity contribution >= 4 is 12.0 Å². The smallest absolute Gasteiger partial charge is 0.387 e. The van der Waals surface area contributed by atoms with Crippen LogP contribution in [0, 0.1) is 0 Å². The van der Waals surface area contributed by atoms with E-state index in [0.29, 0.717) is 0 Å². The Morgan fingerprint density at radius 2 is 1.84 bits per heavy atom. The van der Waals surface area contributed by atoms with E-state index < -0.39 is 6.61 Å². The molecule has 0 unspecified atom stereocenters. The number of amides is 1. The second-order valence-corrected chi connectivity index (χ2v) is 5.02. The maximum atomic E-state index is 11.9. The molecule has 0 radical (unpaired) electrons. The zero-order chi connectivity index (χ0) is 14.5. The first-order valence-corrected chi connectivity index (χ1v) is 5.81. The lowest BCUT2D eigenvalue weighted by Gasteiger charge is -2.18.